The Bertz CT molecular complexity index is 1110. The number of ether oxygens (including phenoxy) is 1. The second kappa shape index (κ2) is 13.4. The van der Waals surface area contributed by atoms with E-state index in [4.69, 9.17) is 4.74 Å². The number of benzene rings is 2. The Balaban J connectivity index is 1.28. The monoisotopic (exact) mass is 520 g/mol. The lowest BCUT2D eigenvalue weighted by molar-refractivity contribution is -0.139. The topological polar surface area (TPSA) is 73.9 Å². The molecule has 7 nitrogen and oxygen atoms in total. The second-order valence-electron chi connectivity index (χ2n) is 9.37. The number of piperazine rings is 1. The number of thiophene rings is 1. The molecule has 3 aromatic rings. The molecule has 0 aliphatic carbocycles. The van der Waals surface area contributed by atoms with Crippen molar-refractivity contribution in [1.29, 1.82) is 0 Å². The maximum atomic E-state index is 12.7. The standard InChI is InChI=1S/C29H36N4O3S/c1-22(31-29(35)28(34)30-15-14-23-10-12-25(36-2)13-11-23)27(26-9-6-20-37-26)33-18-16-32(17-19-33)21-24-7-4-3-5-8-24/h3-13,20,22,27H,14-19,21H2,1-2H3,(H,30,34)(H,31,35)/t22-,27-/m1/s1. The highest BCUT2D eigenvalue weighted by molar-refractivity contribution is 7.10. The van der Waals surface area contributed by atoms with E-state index in [1.54, 1.807) is 18.4 Å². The number of rotatable bonds is 10. The number of methoxy groups -OCH3 is 1. The van der Waals surface area contributed by atoms with Gasteiger partial charge >= 0.3 is 11.8 Å². The van der Waals surface area contributed by atoms with Crippen LogP contribution in [-0.2, 0) is 22.6 Å². The average Bonchev–Trinajstić information content (AvgIpc) is 3.45. The van der Waals surface area contributed by atoms with Crippen molar-refractivity contribution in [2.24, 2.45) is 0 Å². The Morgan fingerprint density at radius 3 is 2.30 bits per heavy atom. The molecular weight excluding hydrogens is 484 g/mol. The van der Waals surface area contributed by atoms with Crippen LogP contribution < -0.4 is 15.4 Å². The van der Waals surface area contributed by atoms with Crippen molar-refractivity contribution in [3.8, 4) is 5.75 Å². The van der Waals surface area contributed by atoms with Crippen molar-refractivity contribution < 1.29 is 14.3 Å². The van der Waals surface area contributed by atoms with Gasteiger partial charge in [0, 0.05) is 50.2 Å². The largest absolute Gasteiger partial charge is 0.497 e. The van der Waals surface area contributed by atoms with Gasteiger partial charge in [-0.15, -0.1) is 11.3 Å². The molecular formula is C29H36N4O3S. The summed E-state index contributed by atoms with van der Waals surface area (Å²) in [5.41, 5.74) is 2.39. The fourth-order valence-electron chi connectivity index (χ4n) is 4.79. The van der Waals surface area contributed by atoms with E-state index >= 15 is 0 Å². The van der Waals surface area contributed by atoms with Crippen LogP contribution in [0.5, 0.6) is 5.75 Å². The van der Waals surface area contributed by atoms with E-state index < -0.39 is 11.8 Å². The lowest BCUT2D eigenvalue weighted by atomic mass is 10.0. The van der Waals surface area contributed by atoms with Crippen molar-refractivity contribution in [1.82, 2.24) is 20.4 Å². The number of hydrogen-bond acceptors (Lipinski definition) is 6. The normalized spacial score (nSPS) is 16.1. The summed E-state index contributed by atoms with van der Waals surface area (Å²) in [5.74, 6) is -0.400. The van der Waals surface area contributed by atoms with Crippen LogP contribution in [-0.4, -0.2) is 67.5 Å². The van der Waals surface area contributed by atoms with Crippen LogP contribution in [0.2, 0.25) is 0 Å². The van der Waals surface area contributed by atoms with E-state index in [1.807, 2.05) is 43.3 Å². The third-order valence-electron chi connectivity index (χ3n) is 6.78. The molecule has 0 saturated carbocycles. The van der Waals surface area contributed by atoms with Gasteiger partial charge < -0.3 is 15.4 Å². The Morgan fingerprint density at radius 2 is 1.65 bits per heavy atom. The van der Waals surface area contributed by atoms with E-state index in [2.05, 4.69) is 56.1 Å². The molecule has 37 heavy (non-hydrogen) atoms. The van der Waals surface area contributed by atoms with E-state index in [-0.39, 0.29) is 12.1 Å². The molecule has 2 aromatic carbocycles. The van der Waals surface area contributed by atoms with Gasteiger partial charge in [-0.25, -0.2) is 0 Å². The number of hydrogen-bond donors (Lipinski definition) is 2. The first-order chi connectivity index (χ1) is 18.0. The molecule has 0 spiro atoms. The average molecular weight is 521 g/mol. The van der Waals surface area contributed by atoms with Crippen molar-refractivity contribution in [3.05, 3.63) is 88.1 Å². The molecule has 2 N–H and O–H groups in total. The minimum absolute atomic E-state index is 0.0231. The fourth-order valence-corrected chi connectivity index (χ4v) is 5.75. The van der Waals surface area contributed by atoms with Crippen LogP contribution in [0.3, 0.4) is 0 Å². The molecule has 196 valence electrons. The van der Waals surface area contributed by atoms with Gasteiger partial charge in [-0.1, -0.05) is 48.5 Å². The van der Waals surface area contributed by atoms with E-state index in [0.717, 1.165) is 44.0 Å². The maximum Gasteiger partial charge on any atom is 0.309 e. The molecule has 2 heterocycles. The first-order valence-corrected chi connectivity index (χ1v) is 13.7. The molecule has 0 unspecified atom stereocenters. The zero-order valence-corrected chi connectivity index (χ0v) is 22.4. The minimum atomic E-state index is -0.599. The third kappa shape index (κ3) is 7.64. The van der Waals surface area contributed by atoms with Gasteiger partial charge in [0.15, 0.2) is 0 Å². The van der Waals surface area contributed by atoms with Crippen LogP contribution in [0, 0.1) is 0 Å². The van der Waals surface area contributed by atoms with Gasteiger partial charge in [0.05, 0.1) is 13.2 Å². The molecule has 1 saturated heterocycles. The molecule has 1 fully saturated rings. The van der Waals surface area contributed by atoms with Crippen LogP contribution in [0.15, 0.2) is 72.1 Å². The van der Waals surface area contributed by atoms with Crippen molar-refractivity contribution in [3.63, 3.8) is 0 Å². The van der Waals surface area contributed by atoms with Crippen LogP contribution in [0.1, 0.15) is 29.0 Å². The SMILES string of the molecule is COc1ccc(CCNC(=O)C(=O)N[C@H](C)[C@H](c2cccs2)N2CCN(Cc3ccccc3)CC2)cc1. The van der Waals surface area contributed by atoms with E-state index in [1.165, 1.54) is 10.4 Å². The van der Waals surface area contributed by atoms with Crippen LogP contribution in [0.25, 0.3) is 0 Å². The minimum Gasteiger partial charge on any atom is -0.497 e. The summed E-state index contributed by atoms with van der Waals surface area (Å²) < 4.78 is 5.17. The van der Waals surface area contributed by atoms with Gasteiger partial charge in [-0.2, -0.15) is 0 Å². The predicted molar refractivity (Wildman–Crippen MR) is 148 cm³/mol. The first kappa shape index (κ1) is 26.9. The lowest BCUT2D eigenvalue weighted by Gasteiger charge is -2.41. The highest BCUT2D eigenvalue weighted by Gasteiger charge is 2.31. The summed E-state index contributed by atoms with van der Waals surface area (Å²) in [6, 6.07) is 22.2. The van der Waals surface area contributed by atoms with Gasteiger partial charge in [-0.3, -0.25) is 19.4 Å². The summed E-state index contributed by atoms with van der Waals surface area (Å²) in [4.78, 5) is 31.3. The van der Waals surface area contributed by atoms with Gasteiger partial charge in [0.1, 0.15) is 5.75 Å². The second-order valence-corrected chi connectivity index (χ2v) is 10.4. The van der Waals surface area contributed by atoms with Crippen LogP contribution >= 0.6 is 11.3 Å². The Labute approximate surface area is 223 Å². The van der Waals surface area contributed by atoms with E-state index in [9.17, 15) is 9.59 Å². The number of nitrogens with zero attached hydrogens (tertiary/aromatic N) is 2. The molecule has 2 atom stereocenters. The quantitative estimate of drug-likeness (QED) is 0.401. The maximum absolute atomic E-state index is 12.7. The first-order valence-electron chi connectivity index (χ1n) is 12.8. The highest BCUT2D eigenvalue weighted by Crippen LogP contribution is 2.29. The molecule has 8 heteroatoms. The molecule has 2 amide bonds. The molecule has 0 radical (unpaired) electrons. The summed E-state index contributed by atoms with van der Waals surface area (Å²) >= 11 is 1.69. The predicted octanol–water partition coefficient (Wildman–Crippen LogP) is 3.48. The zero-order chi connectivity index (χ0) is 26.0. The van der Waals surface area contributed by atoms with Crippen LogP contribution in [0.4, 0.5) is 0 Å². The molecule has 4 rings (SSSR count). The Hall–Kier alpha value is -3.20. The van der Waals surface area contributed by atoms with Crippen molar-refractivity contribution >= 4 is 23.2 Å². The van der Waals surface area contributed by atoms with Gasteiger partial charge in [0.2, 0.25) is 0 Å². The van der Waals surface area contributed by atoms with Gasteiger partial charge in [0.25, 0.3) is 0 Å². The fraction of sp³-hybridized carbons (Fsp3) is 0.379. The highest BCUT2D eigenvalue weighted by atomic mass is 32.1. The summed E-state index contributed by atoms with van der Waals surface area (Å²) in [6.07, 6.45) is 0.643. The summed E-state index contributed by atoms with van der Waals surface area (Å²) in [6.45, 7) is 7.06. The summed E-state index contributed by atoms with van der Waals surface area (Å²) in [7, 11) is 1.63. The molecule has 1 aliphatic rings. The lowest BCUT2D eigenvalue weighted by Crippen LogP contribution is -2.53. The zero-order valence-electron chi connectivity index (χ0n) is 21.6. The molecule has 1 aliphatic heterocycles. The Morgan fingerprint density at radius 1 is 0.919 bits per heavy atom. The number of nitrogens with one attached hydrogen (secondary N) is 2. The molecule has 1 aromatic heterocycles. The van der Waals surface area contributed by atoms with E-state index in [0.29, 0.717) is 13.0 Å². The number of amides is 2. The number of carbonyl (C=O) groups excluding carboxylic acids is 2. The molecule has 0 bridgehead atoms. The smallest absolute Gasteiger partial charge is 0.309 e. The van der Waals surface area contributed by atoms with Crippen molar-refractivity contribution in [2.75, 3.05) is 39.8 Å². The third-order valence-corrected chi connectivity index (χ3v) is 7.72. The Kier molecular flexibility index (Phi) is 9.71. The summed E-state index contributed by atoms with van der Waals surface area (Å²) in [5, 5.41) is 7.78. The number of carbonyl (C=O) groups is 2. The van der Waals surface area contributed by atoms with Crippen molar-refractivity contribution in [2.45, 2.75) is 32.0 Å². The van der Waals surface area contributed by atoms with Gasteiger partial charge in [-0.05, 0) is 48.1 Å².